The summed E-state index contributed by atoms with van der Waals surface area (Å²) in [6, 6.07) is 0. The van der Waals surface area contributed by atoms with Gasteiger partial charge in [0.05, 0.1) is 0 Å². The minimum atomic E-state index is 0. The second kappa shape index (κ2) is 218. The van der Waals surface area contributed by atoms with Crippen LogP contribution in [-0.2, 0) is 115 Å². The summed E-state index contributed by atoms with van der Waals surface area (Å²) < 4.78 is 0. The fraction of sp³-hybridized carbons (Fsp3) is 0. The zero-order chi connectivity index (χ0) is 0. The van der Waals surface area contributed by atoms with Crippen LogP contribution in [0.4, 0.5) is 0 Å². The Morgan fingerprint density at radius 1 is 0.267 bits per heavy atom. The van der Waals surface area contributed by atoms with Crippen molar-refractivity contribution < 1.29 is 195 Å². The molecule has 0 atom stereocenters. The molecule has 0 amide bonds. The van der Waals surface area contributed by atoms with Crippen LogP contribution in [0.2, 0.25) is 0 Å². The second-order valence-corrected chi connectivity index (χ2v) is 0. The summed E-state index contributed by atoms with van der Waals surface area (Å²) in [6.07, 6.45) is 0. The molecule has 0 saturated carbocycles. The molecule has 0 fully saturated rings. The van der Waals surface area contributed by atoms with Crippen LogP contribution in [0.25, 0.3) is 0 Å². The minimum Gasteiger partial charge on any atom is -2.00 e. The van der Waals surface area contributed by atoms with Crippen LogP contribution >= 0.6 is 0 Å². The average molecular weight is 690 g/mol. The summed E-state index contributed by atoms with van der Waals surface area (Å²) in [5.74, 6) is 0. The van der Waals surface area contributed by atoms with Crippen molar-refractivity contribution in [2.75, 3.05) is 0 Å². The number of hydrogen-bond acceptors (Lipinski definition) is 0. The molecule has 0 aliphatic rings. The molecule has 0 spiro atoms. The van der Waals surface area contributed by atoms with Gasteiger partial charge in [0.15, 0.2) is 0 Å². The van der Waals surface area contributed by atoms with Gasteiger partial charge in [-0.15, -0.1) is 0 Å². The topological polar surface area (TPSA) is 256 Å². The molecule has 0 rings (SSSR count). The normalized spacial score (nSPS) is 0. The van der Waals surface area contributed by atoms with E-state index in [1.54, 1.807) is 0 Å². The van der Waals surface area contributed by atoms with E-state index in [-0.39, 0.29) is 229 Å². The van der Waals surface area contributed by atoms with Crippen molar-refractivity contribution in [2.45, 2.75) is 0 Å². The molecule has 0 heterocycles. The molecule has 0 bridgehead atoms. The van der Waals surface area contributed by atoms with Gasteiger partial charge in [0.2, 0.25) is 0 Å². The Balaban J connectivity index is 0. The van der Waals surface area contributed by atoms with Gasteiger partial charge in [-0.25, -0.2) is 0 Å². The van der Waals surface area contributed by atoms with Crippen LogP contribution in [0.3, 0.4) is 0 Å². The van der Waals surface area contributed by atoms with Crippen LogP contribution in [0.5, 0.6) is 0 Å². The van der Waals surface area contributed by atoms with E-state index in [0.29, 0.717) is 0 Å². The summed E-state index contributed by atoms with van der Waals surface area (Å²) in [7, 11) is 0. The zero-order valence-corrected chi connectivity index (χ0v) is 19.2. The van der Waals surface area contributed by atoms with Gasteiger partial charge in [-0.1, -0.05) is 0 Å². The van der Waals surface area contributed by atoms with Crippen LogP contribution in [0.1, 0.15) is 0 Å². The van der Waals surface area contributed by atoms with Crippen molar-refractivity contribution in [3.63, 3.8) is 0 Å². The van der Waals surface area contributed by atoms with Gasteiger partial charge in [0.1, 0.15) is 0 Å². The molecule has 0 aliphatic heterocycles. The van der Waals surface area contributed by atoms with E-state index >= 15 is 0 Å². The summed E-state index contributed by atoms with van der Waals surface area (Å²) in [6.45, 7) is 0. The first-order valence-electron chi connectivity index (χ1n) is 0. The maximum atomic E-state index is 0. The van der Waals surface area contributed by atoms with Crippen molar-refractivity contribution in [1.29, 1.82) is 0 Å². The van der Waals surface area contributed by atoms with Gasteiger partial charge >= 0.3 is 180 Å². The molecule has 0 unspecified atom stereocenters. The van der Waals surface area contributed by atoms with Gasteiger partial charge in [0.25, 0.3) is 0 Å². The van der Waals surface area contributed by atoms with Crippen LogP contribution in [-0.4, -0.2) is 34.7 Å². The standard InChI is InChI=1S/2Al.2Gd.9O.2Y/q4*+3;9*-2;2*+3. The monoisotopic (exact) mass is 692 g/mol. The maximum Gasteiger partial charge on any atom is 3.00 e. The maximum absolute atomic E-state index is 0. The number of rotatable bonds is 0. The molecule has 0 aromatic carbocycles. The molecule has 0 aromatic heterocycles. The van der Waals surface area contributed by atoms with E-state index < -0.39 is 0 Å². The first-order chi connectivity index (χ1) is 0. The van der Waals surface area contributed by atoms with Crippen molar-refractivity contribution in [3.05, 3.63) is 0 Å². The van der Waals surface area contributed by atoms with Crippen molar-refractivity contribution in [2.24, 2.45) is 0 Å². The Morgan fingerprint density at radius 3 is 0.267 bits per heavy atom. The quantitative estimate of drug-likeness (QED) is 0.254. The Hall–Kier alpha value is 5.56. The van der Waals surface area contributed by atoms with Gasteiger partial charge < -0.3 is 49.3 Å². The number of hydrogen-bond donors (Lipinski definition) is 0. The molecule has 82 valence electrons. The summed E-state index contributed by atoms with van der Waals surface area (Å²) in [5.41, 5.74) is 0. The van der Waals surface area contributed by atoms with E-state index in [9.17, 15) is 0 Å². The molecule has 0 saturated heterocycles. The third-order valence-electron chi connectivity index (χ3n) is 0. The third-order valence-corrected chi connectivity index (χ3v) is 0. The fourth-order valence-electron chi connectivity index (χ4n) is 0. The van der Waals surface area contributed by atoms with Crippen LogP contribution in [0, 0.1) is 79.9 Å². The van der Waals surface area contributed by atoms with Gasteiger partial charge in [-0.3, -0.25) is 0 Å². The van der Waals surface area contributed by atoms with E-state index in [1.165, 1.54) is 0 Å². The molecule has 0 N–H and O–H groups in total. The van der Waals surface area contributed by atoms with Gasteiger partial charge in [-0.2, -0.15) is 0 Å². The van der Waals surface area contributed by atoms with Gasteiger partial charge in [0, 0.05) is 0 Å². The molecule has 2 radical (unpaired) electrons. The van der Waals surface area contributed by atoms with E-state index in [4.69, 9.17) is 0 Å². The molecule has 15 heavy (non-hydrogen) atoms. The second-order valence-electron chi connectivity index (χ2n) is 0. The third kappa shape index (κ3) is 195. The molecular weight excluding hydrogens is 690 g/mol. The van der Waals surface area contributed by atoms with Crippen molar-refractivity contribution in [1.82, 2.24) is 0 Å². The summed E-state index contributed by atoms with van der Waals surface area (Å²) in [4.78, 5) is 0. The Labute approximate surface area is 224 Å². The van der Waals surface area contributed by atoms with Crippen LogP contribution < -0.4 is 0 Å². The largest absolute Gasteiger partial charge is 3.00 e. The Kier molecular flexibility index (Phi) is 3690. The molecule has 0 aromatic rings. The van der Waals surface area contributed by atoms with E-state index in [2.05, 4.69) is 0 Å². The zero-order valence-electron chi connectivity index (χ0n) is 6.69. The Morgan fingerprint density at radius 2 is 0.267 bits per heavy atom. The Bertz CT molecular complexity index is 24.1. The molecule has 9 nitrogen and oxygen atoms in total. The predicted octanol–water partition coefficient (Wildman–Crippen LogP) is -1.84. The van der Waals surface area contributed by atoms with E-state index in [0.717, 1.165) is 0 Å². The summed E-state index contributed by atoms with van der Waals surface area (Å²) >= 11 is 0. The van der Waals surface area contributed by atoms with Crippen molar-refractivity contribution >= 4 is 34.7 Å². The van der Waals surface area contributed by atoms with E-state index in [1.807, 2.05) is 0 Å². The SMILES string of the molecule is [Al+3].[Al+3].[Gd+3].[Gd+3].[O-2].[O-2].[O-2].[O-2].[O-2].[O-2].[O-2].[O-2].[O-2].[Y+3].[Y+3]. The first-order valence-corrected chi connectivity index (χ1v) is 0. The van der Waals surface area contributed by atoms with Gasteiger partial charge in [-0.05, 0) is 0 Å². The molecule has 15 heteroatoms. The minimum absolute atomic E-state index is 0. The van der Waals surface area contributed by atoms with Crippen LogP contribution in [0.15, 0.2) is 0 Å². The van der Waals surface area contributed by atoms with Crippen molar-refractivity contribution in [3.8, 4) is 0 Å². The smallest absolute Gasteiger partial charge is 2.00 e. The first kappa shape index (κ1) is 254. The fourth-order valence-corrected chi connectivity index (χ4v) is 0. The predicted molar refractivity (Wildman–Crippen MR) is 17.7 cm³/mol. The summed E-state index contributed by atoms with van der Waals surface area (Å²) in [5, 5.41) is 0. The molecular formula is Al2Gd2O9Y2. The average Bonchev–Trinajstić information content (AvgIpc) is 0. The molecule has 0 aliphatic carbocycles.